The minimum absolute atomic E-state index is 0.134. The van der Waals surface area contributed by atoms with Gasteiger partial charge < -0.3 is 14.7 Å². The van der Waals surface area contributed by atoms with Crippen LogP contribution in [0, 0.1) is 6.92 Å². The first-order valence-corrected chi connectivity index (χ1v) is 9.47. The number of aryl methyl sites for hydroxylation is 1. The largest absolute Gasteiger partial charge is 0.507 e. The van der Waals surface area contributed by atoms with Crippen molar-refractivity contribution in [3.63, 3.8) is 0 Å². The zero-order valence-electron chi connectivity index (χ0n) is 16.4. The van der Waals surface area contributed by atoms with Crippen molar-refractivity contribution in [2.45, 2.75) is 32.7 Å². The summed E-state index contributed by atoms with van der Waals surface area (Å²) in [5, 5.41) is 10.9. The van der Waals surface area contributed by atoms with E-state index < -0.39 is 17.7 Å². The van der Waals surface area contributed by atoms with E-state index in [1.54, 1.807) is 36.3 Å². The van der Waals surface area contributed by atoms with Crippen LogP contribution in [0.4, 0.5) is 0 Å². The number of rotatable bonds is 6. The van der Waals surface area contributed by atoms with Crippen LogP contribution in [0.25, 0.3) is 5.76 Å². The van der Waals surface area contributed by atoms with Gasteiger partial charge in [-0.25, -0.2) is 0 Å². The summed E-state index contributed by atoms with van der Waals surface area (Å²) in [6, 6.07) is 13.9. The maximum absolute atomic E-state index is 12.8. The number of ether oxygens (including phenoxy) is 1. The molecule has 1 amide bonds. The number of carbonyl (C=O) groups is 2. The number of carbonyl (C=O) groups excluding carboxylic acids is 2. The fourth-order valence-corrected chi connectivity index (χ4v) is 3.44. The van der Waals surface area contributed by atoms with E-state index in [0.29, 0.717) is 17.9 Å². The molecule has 0 aliphatic carbocycles. The van der Waals surface area contributed by atoms with Crippen LogP contribution in [0.1, 0.15) is 42.5 Å². The first kappa shape index (κ1) is 19.7. The van der Waals surface area contributed by atoms with Crippen molar-refractivity contribution in [3.8, 4) is 5.75 Å². The third kappa shape index (κ3) is 3.65. The summed E-state index contributed by atoms with van der Waals surface area (Å²) in [4.78, 5) is 27.1. The van der Waals surface area contributed by atoms with E-state index in [-0.39, 0.29) is 11.3 Å². The Labute approximate surface area is 165 Å². The Balaban J connectivity index is 2.12. The van der Waals surface area contributed by atoms with E-state index in [4.69, 9.17) is 4.74 Å². The molecule has 1 atom stereocenters. The van der Waals surface area contributed by atoms with Crippen LogP contribution in [0.15, 0.2) is 54.1 Å². The van der Waals surface area contributed by atoms with Gasteiger partial charge in [0.05, 0.1) is 18.7 Å². The smallest absolute Gasteiger partial charge is 0.295 e. The summed E-state index contributed by atoms with van der Waals surface area (Å²) in [7, 11) is 1.56. The van der Waals surface area contributed by atoms with Crippen molar-refractivity contribution < 1.29 is 19.4 Å². The van der Waals surface area contributed by atoms with Crippen molar-refractivity contribution in [2.24, 2.45) is 0 Å². The average Bonchev–Trinajstić information content (AvgIpc) is 2.97. The molecule has 0 radical (unpaired) electrons. The van der Waals surface area contributed by atoms with Crippen LogP contribution in [-0.4, -0.2) is 35.4 Å². The molecule has 0 saturated carbocycles. The molecule has 1 saturated heterocycles. The fourth-order valence-electron chi connectivity index (χ4n) is 3.44. The standard InChI is InChI=1S/C23H25NO4/c1-4-5-14-24-20(16-8-6-15(2)7-9-16)19(22(26)23(24)27)21(25)17-10-12-18(28-3)13-11-17/h6-13,20,25H,4-5,14H2,1-3H3/b21-19+/t20-/m0/s1. The molecule has 2 aromatic carbocycles. The van der Waals surface area contributed by atoms with E-state index in [1.807, 2.05) is 38.1 Å². The summed E-state index contributed by atoms with van der Waals surface area (Å²) >= 11 is 0. The molecule has 5 nitrogen and oxygen atoms in total. The van der Waals surface area contributed by atoms with Gasteiger partial charge in [0.2, 0.25) is 0 Å². The number of hydrogen-bond acceptors (Lipinski definition) is 4. The number of aliphatic hydroxyl groups is 1. The van der Waals surface area contributed by atoms with Gasteiger partial charge in [-0.3, -0.25) is 9.59 Å². The first-order valence-electron chi connectivity index (χ1n) is 9.47. The predicted molar refractivity (Wildman–Crippen MR) is 108 cm³/mol. The SMILES string of the molecule is CCCCN1C(=O)C(=O)/C(=C(/O)c2ccc(OC)cc2)[C@@H]1c1ccc(C)cc1. The lowest BCUT2D eigenvalue weighted by atomic mass is 9.94. The summed E-state index contributed by atoms with van der Waals surface area (Å²) in [5.41, 5.74) is 2.52. The predicted octanol–water partition coefficient (Wildman–Crippen LogP) is 4.23. The number of Topliss-reactive ketones (excluding diaryl/α,β-unsaturated/α-hetero) is 1. The monoisotopic (exact) mass is 379 g/mol. The molecule has 0 aromatic heterocycles. The summed E-state index contributed by atoms with van der Waals surface area (Å²) in [6.07, 6.45) is 1.69. The van der Waals surface area contributed by atoms with Crippen molar-refractivity contribution in [3.05, 3.63) is 70.8 Å². The number of unbranched alkanes of at least 4 members (excludes halogenated alkanes) is 1. The Morgan fingerprint density at radius 1 is 1.07 bits per heavy atom. The first-order chi connectivity index (χ1) is 13.5. The van der Waals surface area contributed by atoms with Crippen LogP contribution in [0.5, 0.6) is 5.75 Å². The highest BCUT2D eigenvalue weighted by atomic mass is 16.5. The molecule has 2 aromatic rings. The van der Waals surface area contributed by atoms with E-state index in [1.165, 1.54) is 0 Å². The van der Waals surface area contributed by atoms with Gasteiger partial charge >= 0.3 is 0 Å². The number of hydrogen-bond donors (Lipinski definition) is 1. The van der Waals surface area contributed by atoms with Crippen LogP contribution >= 0.6 is 0 Å². The Kier molecular flexibility index (Phi) is 5.83. The van der Waals surface area contributed by atoms with Gasteiger partial charge in [-0.05, 0) is 43.2 Å². The molecular weight excluding hydrogens is 354 g/mol. The second-order valence-electron chi connectivity index (χ2n) is 6.99. The lowest BCUT2D eigenvalue weighted by Crippen LogP contribution is -2.30. The van der Waals surface area contributed by atoms with Gasteiger partial charge in [-0.2, -0.15) is 0 Å². The molecule has 1 aliphatic rings. The molecule has 5 heteroatoms. The summed E-state index contributed by atoms with van der Waals surface area (Å²) < 4.78 is 5.15. The molecule has 28 heavy (non-hydrogen) atoms. The number of aliphatic hydroxyl groups excluding tert-OH is 1. The molecule has 0 bridgehead atoms. The van der Waals surface area contributed by atoms with Crippen molar-refractivity contribution in [2.75, 3.05) is 13.7 Å². The zero-order chi connectivity index (χ0) is 20.3. The minimum Gasteiger partial charge on any atom is -0.507 e. The maximum Gasteiger partial charge on any atom is 0.295 e. The molecule has 146 valence electrons. The van der Waals surface area contributed by atoms with Crippen molar-refractivity contribution in [1.82, 2.24) is 4.90 Å². The van der Waals surface area contributed by atoms with Crippen LogP contribution in [0.3, 0.4) is 0 Å². The summed E-state index contributed by atoms with van der Waals surface area (Å²) in [5.74, 6) is -0.718. The molecule has 0 unspecified atom stereocenters. The Bertz CT molecular complexity index is 897. The normalized spacial score (nSPS) is 18.5. The maximum atomic E-state index is 12.8. The van der Waals surface area contributed by atoms with Crippen LogP contribution in [-0.2, 0) is 9.59 Å². The highest BCUT2D eigenvalue weighted by Crippen LogP contribution is 2.39. The van der Waals surface area contributed by atoms with E-state index in [9.17, 15) is 14.7 Å². The molecule has 3 rings (SSSR count). The van der Waals surface area contributed by atoms with Crippen LogP contribution < -0.4 is 4.74 Å². The lowest BCUT2D eigenvalue weighted by Gasteiger charge is -2.25. The highest BCUT2D eigenvalue weighted by molar-refractivity contribution is 6.46. The average molecular weight is 379 g/mol. The zero-order valence-corrected chi connectivity index (χ0v) is 16.4. The number of nitrogens with zero attached hydrogens (tertiary/aromatic N) is 1. The Morgan fingerprint density at radius 2 is 1.71 bits per heavy atom. The van der Waals surface area contributed by atoms with Gasteiger partial charge in [-0.15, -0.1) is 0 Å². The summed E-state index contributed by atoms with van der Waals surface area (Å²) in [6.45, 7) is 4.49. The van der Waals surface area contributed by atoms with Gasteiger partial charge in [0.15, 0.2) is 0 Å². The van der Waals surface area contributed by atoms with E-state index >= 15 is 0 Å². The van der Waals surface area contributed by atoms with E-state index in [0.717, 1.165) is 24.0 Å². The van der Waals surface area contributed by atoms with E-state index in [2.05, 4.69) is 0 Å². The fraction of sp³-hybridized carbons (Fsp3) is 0.304. The minimum atomic E-state index is -0.644. The van der Waals surface area contributed by atoms with Crippen molar-refractivity contribution in [1.29, 1.82) is 0 Å². The number of amides is 1. The molecule has 0 spiro atoms. The number of ketones is 1. The van der Waals surface area contributed by atoms with Crippen LogP contribution in [0.2, 0.25) is 0 Å². The lowest BCUT2D eigenvalue weighted by molar-refractivity contribution is -0.139. The van der Waals surface area contributed by atoms with Gasteiger partial charge in [-0.1, -0.05) is 43.2 Å². The van der Waals surface area contributed by atoms with Gasteiger partial charge in [0.25, 0.3) is 11.7 Å². The number of likely N-dealkylation sites (tertiary alicyclic amines) is 1. The van der Waals surface area contributed by atoms with Crippen molar-refractivity contribution >= 4 is 17.4 Å². The quantitative estimate of drug-likeness (QED) is 0.463. The topological polar surface area (TPSA) is 66.8 Å². The molecular formula is C23H25NO4. The third-order valence-corrected chi connectivity index (χ3v) is 5.05. The molecule has 1 N–H and O–H groups in total. The van der Waals surface area contributed by atoms with Gasteiger partial charge in [0, 0.05) is 12.1 Å². The second-order valence-corrected chi connectivity index (χ2v) is 6.99. The number of methoxy groups -OCH3 is 1. The van der Waals surface area contributed by atoms with Gasteiger partial charge in [0.1, 0.15) is 11.5 Å². The molecule has 1 fully saturated rings. The second kappa shape index (κ2) is 8.30. The third-order valence-electron chi connectivity index (χ3n) is 5.05. The Morgan fingerprint density at radius 3 is 2.29 bits per heavy atom. The molecule has 1 heterocycles. The number of benzene rings is 2. The Hall–Kier alpha value is -3.08. The highest BCUT2D eigenvalue weighted by Gasteiger charge is 2.45. The molecule has 1 aliphatic heterocycles.